The molecule has 50 heavy (non-hydrogen) atoms. The van der Waals surface area contributed by atoms with E-state index in [1.54, 1.807) is 24.8 Å². The third-order valence-electron chi connectivity index (χ3n) is 8.79. The first-order valence-electron chi connectivity index (χ1n) is 16.3. The van der Waals surface area contributed by atoms with Gasteiger partial charge in [0.05, 0.1) is 11.4 Å². The van der Waals surface area contributed by atoms with Crippen LogP contribution in [0.15, 0.2) is 170 Å². The summed E-state index contributed by atoms with van der Waals surface area (Å²) >= 11 is 0. The Morgan fingerprint density at radius 2 is 0.780 bits per heavy atom. The lowest BCUT2D eigenvalue weighted by Gasteiger charge is -2.23. The maximum absolute atomic E-state index is 6.58. The third kappa shape index (κ3) is 5.65. The average Bonchev–Trinajstić information content (AvgIpc) is 3.20. The second-order valence-electron chi connectivity index (χ2n) is 12.0. The van der Waals surface area contributed by atoms with Crippen molar-refractivity contribution in [3.63, 3.8) is 0 Å². The van der Waals surface area contributed by atoms with E-state index in [2.05, 4.69) is 58.5 Å². The molecule has 3 aromatic heterocycles. The molecule has 0 N–H and O–H groups in total. The third-order valence-corrected chi connectivity index (χ3v) is 8.79. The van der Waals surface area contributed by atoms with Crippen molar-refractivity contribution in [3.05, 3.63) is 170 Å². The highest BCUT2D eigenvalue weighted by Gasteiger charge is 2.23. The molecule has 4 heterocycles. The number of nitrogens with zero attached hydrogens (tertiary/aromatic N) is 4. The summed E-state index contributed by atoms with van der Waals surface area (Å²) in [5, 5.41) is 0. The van der Waals surface area contributed by atoms with Crippen LogP contribution < -0.4 is 9.47 Å². The fourth-order valence-corrected chi connectivity index (χ4v) is 6.25. The maximum atomic E-state index is 6.58. The Labute approximate surface area is 289 Å². The Morgan fingerprint density at radius 3 is 1.38 bits per heavy atom. The normalized spacial score (nSPS) is 11.5. The molecule has 0 saturated heterocycles. The fraction of sp³-hybridized carbons (Fsp3) is 0. The monoisotopic (exact) mass is 644 g/mol. The number of rotatable bonds is 6. The molecule has 1 aliphatic heterocycles. The van der Waals surface area contributed by atoms with E-state index in [4.69, 9.17) is 19.4 Å². The standard InChI is InChI=1S/C44H28N4O2/c1-3-7-29(8-4-1)30-11-13-33(14-12-30)38-28-39(48-44(47-38)34-9-5-2-6-10-34)35-15-16-40-41(25-35)50-43-27-37(32-19-23-46-24-20-32)36(26-42(43)49-40)31-17-21-45-22-18-31/h1-28H. The second-order valence-corrected chi connectivity index (χ2v) is 12.0. The minimum Gasteiger partial charge on any atom is -0.449 e. The molecule has 0 amide bonds. The highest BCUT2D eigenvalue weighted by molar-refractivity contribution is 5.86. The van der Waals surface area contributed by atoms with Crippen molar-refractivity contribution >= 4 is 0 Å². The van der Waals surface area contributed by atoms with E-state index in [9.17, 15) is 0 Å². The Balaban J connectivity index is 1.11. The molecule has 0 spiro atoms. The Hall–Kier alpha value is -6.92. The maximum Gasteiger partial charge on any atom is 0.170 e. The van der Waals surface area contributed by atoms with Crippen LogP contribution in [0.25, 0.3) is 67.3 Å². The quantitative estimate of drug-likeness (QED) is 0.179. The summed E-state index contributed by atoms with van der Waals surface area (Å²) in [6, 6.07) is 48.9. The van der Waals surface area contributed by atoms with Crippen LogP contribution in [0.2, 0.25) is 0 Å². The predicted molar refractivity (Wildman–Crippen MR) is 197 cm³/mol. The fourth-order valence-electron chi connectivity index (χ4n) is 6.25. The van der Waals surface area contributed by atoms with E-state index >= 15 is 0 Å². The lowest BCUT2D eigenvalue weighted by Crippen LogP contribution is -2.01. The van der Waals surface area contributed by atoms with Crippen LogP contribution in [0.1, 0.15) is 0 Å². The van der Waals surface area contributed by atoms with Gasteiger partial charge in [0, 0.05) is 41.5 Å². The summed E-state index contributed by atoms with van der Waals surface area (Å²) < 4.78 is 13.1. The lowest BCUT2D eigenvalue weighted by molar-refractivity contribution is 0.360. The van der Waals surface area contributed by atoms with Gasteiger partial charge in [-0.1, -0.05) is 84.9 Å². The van der Waals surface area contributed by atoms with Crippen molar-refractivity contribution in [2.24, 2.45) is 0 Å². The van der Waals surface area contributed by atoms with Gasteiger partial charge in [-0.3, -0.25) is 9.97 Å². The van der Waals surface area contributed by atoms with Gasteiger partial charge in [0.25, 0.3) is 0 Å². The first-order chi connectivity index (χ1) is 24.7. The van der Waals surface area contributed by atoms with Crippen molar-refractivity contribution in [1.29, 1.82) is 0 Å². The van der Waals surface area contributed by atoms with Gasteiger partial charge in [-0.15, -0.1) is 0 Å². The number of ether oxygens (including phenoxy) is 2. The highest BCUT2D eigenvalue weighted by atomic mass is 16.6. The summed E-state index contributed by atoms with van der Waals surface area (Å²) in [5.74, 6) is 3.17. The van der Waals surface area contributed by atoms with Gasteiger partial charge < -0.3 is 9.47 Å². The summed E-state index contributed by atoms with van der Waals surface area (Å²) in [6.07, 6.45) is 7.17. The number of hydrogen-bond acceptors (Lipinski definition) is 6. The summed E-state index contributed by atoms with van der Waals surface area (Å²) in [5.41, 5.74) is 10.8. The summed E-state index contributed by atoms with van der Waals surface area (Å²) in [7, 11) is 0. The van der Waals surface area contributed by atoms with Crippen molar-refractivity contribution in [2.45, 2.75) is 0 Å². The summed E-state index contributed by atoms with van der Waals surface area (Å²) in [6.45, 7) is 0. The van der Waals surface area contributed by atoms with E-state index in [-0.39, 0.29) is 0 Å². The van der Waals surface area contributed by atoms with E-state index < -0.39 is 0 Å². The molecular formula is C44H28N4O2. The molecule has 0 saturated carbocycles. The van der Waals surface area contributed by atoms with Crippen molar-refractivity contribution in [3.8, 4) is 90.3 Å². The SMILES string of the molecule is c1ccc(-c2ccc(-c3cc(-c4ccc5c(c4)Oc4cc(-c6ccncc6)c(-c6ccncc6)cc4O5)nc(-c4ccccc4)n3)cc2)cc1. The Bertz CT molecular complexity index is 2450. The molecule has 9 rings (SSSR count). The molecule has 6 nitrogen and oxygen atoms in total. The second kappa shape index (κ2) is 12.6. The van der Waals surface area contributed by atoms with Crippen molar-refractivity contribution in [1.82, 2.24) is 19.9 Å². The molecule has 5 aromatic carbocycles. The molecule has 0 aliphatic carbocycles. The zero-order valence-electron chi connectivity index (χ0n) is 26.8. The molecule has 0 unspecified atom stereocenters. The molecule has 236 valence electrons. The van der Waals surface area contributed by atoms with Crippen molar-refractivity contribution in [2.75, 3.05) is 0 Å². The van der Waals surface area contributed by atoms with Gasteiger partial charge in [-0.2, -0.15) is 0 Å². The van der Waals surface area contributed by atoms with Crippen LogP contribution in [-0.2, 0) is 0 Å². The molecule has 6 heteroatoms. The van der Waals surface area contributed by atoms with E-state index in [0.717, 1.165) is 55.9 Å². The molecular weight excluding hydrogens is 617 g/mol. The van der Waals surface area contributed by atoms with Crippen molar-refractivity contribution < 1.29 is 9.47 Å². The Kier molecular flexibility index (Phi) is 7.37. The minimum absolute atomic E-state index is 0.612. The van der Waals surface area contributed by atoms with Gasteiger partial charge in [0.1, 0.15) is 0 Å². The topological polar surface area (TPSA) is 70.0 Å². The predicted octanol–water partition coefficient (Wildman–Crippen LogP) is 11.2. The molecule has 8 aromatic rings. The van der Waals surface area contributed by atoms with E-state index in [1.807, 2.05) is 97.1 Å². The summed E-state index contributed by atoms with van der Waals surface area (Å²) in [4.78, 5) is 18.5. The zero-order valence-corrected chi connectivity index (χ0v) is 26.8. The van der Waals surface area contributed by atoms with Crippen LogP contribution in [0, 0.1) is 0 Å². The highest BCUT2D eigenvalue weighted by Crippen LogP contribution is 2.50. The van der Waals surface area contributed by atoms with Gasteiger partial charge in [-0.05, 0) is 94.0 Å². The van der Waals surface area contributed by atoms with Crippen LogP contribution in [0.4, 0.5) is 0 Å². The number of aromatic nitrogens is 4. The smallest absolute Gasteiger partial charge is 0.170 e. The number of benzene rings is 5. The van der Waals surface area contributed by atoms with Gasteiger partial charge >= 0.3 is 0 Å². The van der Waals surface area contributed by atoms with E-state index in [0.29, 0.717) is 28.8 Å². The first kappa shape index (κ1) is 29.2. The van der Waals surface area contributed by atoms with Crippen LogP contribution >= 0.6 is 0 Å². The molecule has 0 radical (unpaired) electrons. The number of pyridine rings is 2. The lowest BCUT2D eigenvalue weighted by atomic mass is 9.94. The van der Waals surface area contributed by atoms with Gasteiger partial charge in [0.2, 0.25) is 0 Å². The van der Waals surface area contributed by atoms with Crippen LogP contribution in [0.5, 0.6) is 23.0 Å². The van der Waals surface area contributed by atoms with Crippen LogP contribution in [-0.4, -0.2) is 19.9 Å². The zero-order chi connectivity index (χ0) is 33.3. The van der Waals surface area contributed by atoms with Crippen LogP contribution in [0.3, 0.4) is 0 Å². The molecule has 1 aliphatic rings. The number of fused-ring (bicyclic) bond motifs is 2. The molecule has 0 bridgehead atoms. The Morgan fingerprint density at radius 1 is 0.320 bits per heavy atom. The van der Waals surface area contributed by atoms with E-state index in [1.165, 1.54) is 5.56 Å². The molecule has 0 fully saturated rings. The minimum atomic E-state index is 0.612. The van der Waals surface area contributed by atoms with Gasteiger partial charge in [0.15, 0.2) is 28.8 Å². The van der Waals surface area contributed by atoms with Gasteiger partial charge in [-0.25, -0.2) is 9.97 Å². The largest absolute Gasteiger partial charge is 0.449 e. The number of hydrogen-bond donors (Lipinski definition) is 0. The molecule has 0 atom stereocenters. The first-order valence-corrected chi connectivity index (χ1v) is 16.3. The average molecular weight is 645 g/mol.